The Morgan fingerprint density at radius 1 is 1.00 bits per heavy atom. The lowest BCUT2D eigenvalue weighted by atomic mass is 10.3. The molecule has 9 heteroatoms. The van der Waals surface area contributed by atoms with Gasteiger partial charge in [-0.05, 0) is 38.1 Å². The Labute approximate surface area is 126 Å². The highest BCUT2D eigenvalue weighted by molar-refractivity contribution is 7.89. The Morgan fingerprint density at radius 3 is 2.05 bits per heavy atom. The molecule has 0 bridgehead atoms. The Hall–Kier alpha value is -1.16. The van der Waals surface area contributed by atoms with Crippen LogP contribution in [0, 0.1) is 0 Å². The van der Waals surface area contributed by atoms with E-state index in [1.807, 2.05) is 0 Å². The van der Waals surface area contributed by atoms with E-state index in [0.717, 1.165) is 6.26 Å². The summed E-state index contributed by atoms with van der Waals surface area (Å²) in [6.07, 6.45) is 1.09. The molecule has 0 spiro atoms. The molecule has 0 atom stereocenters. The summed E-state index contributed by atoms with van der Waals surface area (Å²) >= 11 is 0. The number of anilines is 1. The number of benzene rings is 1. The molecule has 3 N–H and O–H groups in total. The molecular formula is C12H21N3O4S2. The fourth-order valence-corrected chi connectivity index (χ4v) is 3.30. The summed E-state index contributed by atoms with van der Waals surface area (Å²) in [5.74, 6) is 0. The van der Waals surface area contributed by atoms with Gasteiger partial charge in [-0.15, -0.1) is 0 Å². The van der Waals surface area contributed by atoms with Gasteiger partial charge in [0.25, 0.3) is 0 Å². The monoisotopic (exact) mass is 335 g/mol. The van der Waals surface area contributed by atoms with Gasteiger partial charge in [0.15, 0.2) is 0 Å². The maximum absolute atomic E-state index is 11.9. The molecule has 7 nitrogen and oxygen atoms in total. The van der Waals surface area contributed by atoms with E-state index >= 15 is 0 Å². The normalized spacial score (nSPS) is 12.6. The van der Waals surface area contributed by atoms with Crippen LogP contribution >= 0.6 is 0 Å². The van der Waals surface area contributed by atoms with E-state index < -0.39 is 20.0 Å². The Kier molecular flexibility index (Phi) is 6.14. The van der Waals surface area contributed by atoms with Crippen molar-refractivity contribution in [3.8, 4) is 0 Å². The average Bonchev–Trinajstić information content (AvgIpc) is 2.32. The van der Waals surface area contributed by atoms with Crippen LogP contribution in [0.15, 0.2) is 29.2 Å². The molecule has 0 fully saturated rings. The smallest absolute Gasteiger partial charge is 0.240 e. The second-order valence-corrected chi connectivity index (χ2v) is 8.44. The van der Waals surface area contributed by atoms with Crippen LogP contribution in [-0.2, 0) is 20.0 Å². The molecule has 0 aromatic heterocycles. The molecule has 0 amide bonds. The van der Waals surface area contributed by atoms with Gasteiger partial charge in [-0.1, -0.05) is 0 Å². The van der Waals surface area contributed by atoms with Gasteiger partial charge in [0, 0.05) is 24.8 Å². The van der Waals surface area contributed by atoms with Crippen LogP contribution in [0.2, 0.25) is 0 Å². The van der Waals surface area contributed by atoms with Crippen molar-refractivity contribution in [1.82, 2.24) is 9.44 Å². The van der Waals surface area contributed by atoms with Gasteiger partial charge in [0.2, 0.25) is 20.0 Å². The van der Waals surface area contributed by atoms with Gasteiger partial charge < -0.3 is 5.32 Å². The molecule has 1 rings (SSSR count). The summed E-state index contributed by atoms with van der Waals surface area (Å²) in [4.78, 5) is 0.191. The molecule has 0 unspecified atom stereocenters. The lowest BCUT2D eigenvalue weighted by molar-refractivity contribution is 0.569. The van der Waals surface area contributed by atoms with Crippen LogP contribution in [0.25, 0.3) is 0 Å². The first-order valence-corrected chi connectivity index (χ1v) is 9.78. The topological polar surface area (TPSA) is 104 Å². The van der Waals surface area contributed by atoms with Gasteiger partial charge in [-0.2, -0.15) is 0 Å². The van der Waals surface area contributed by atoms with Crippen molar-refractivity contribution in [3.63, 3.8) is 0 Å². The van der Waals surface area contributed by atoms with E-state index in [1.165, 1.54) is 12.1 Å². The van der Waals surface area contributed by atoms with Crippen molar-refractivity contribution in [2.24, 2.45) is 0 Å². The minimum atomic E-state index is -3.49. The van der Waals surface area contributed by atoms with Gasteiger partial charge in [-0.25, -0.2) is 26.3 Å². The summed E-state index contributed by atoms with van der Waals surface area (Å²) in [5, 5.41) is 2.99. The molecule has 1 aromatic carbocycles. The van der Waals surface area contributed by atoms with Crippen LogP contribution in [0.4, 0.5) is 5.69 Å². The second-order valence-electron chi connectivity index (χ2n) is 4.89. The van der Waals surface area contributed by atoms with Crippen molar-refractivity contribution in [3.05, 3.63) is 24.3 Å². The minimum Gasteiger partial charge on any atom is -0.384 e. The zero-order chi connectivity index (χ0) is 16.1. The molecule has 0 heterocycles. The largest absolute Gasteiger partial charge is 0.384 e. The summed E-state index contributed by atoms with van der Waals surface area (Å²) in [6, 6.07) is 6.09. The van der Waals surface area contributed by atoms with Crippen molar-refractivity contribution in [2.45, 2.75) is 24.8 Å². The molecule has 0 aliphatic rings. The number of sulfonamides is 2. The van der Waals surface area contributed by atoms with Gasteiger partial charge in [0.1, 0.15) is 0 Å². The maximum atomic E-state index is 11.9. The molecule has 120 valence electrons. The number of rotatable bonds is 8. The number of hydrogen-bond donors (Lipinski definition) is 3. The standard InChI is InChI=1S/C12H21N3O4S2/c1-10(2)15-21(18,19)12-6-4-11(5-7-12)13-8-9-14-20(3,16)17/h4-7,10,13-15H,8-9H2,1-3H3. The van der Waals surface area contributed by atoms with E-state index in [-0.39, 0.29) is 17.5 Å². The summed E-state index contributed by atoms with van der Waals surface area (Å²) in [6.45, 7) is 4.17. The van der Waals surface area contributed by atoms with Crippen LogP contribution in [0.3, 0.4) is 0 Å². The predicted octanol–water partition coefficient (Wildman–Crippen LogP) is 0.334. The third-order valence-corrected chi connectivity index (χ3v) is 4.78. The highest BCUT2D eigenvalue weighted by Gasteiger charge is 2.14. The molecular weight excluding hydrogens is 314 g/mol. The van der Waals surface area contributed by atoms with Crippen LogP contribution in [-0.4, -0.2) is 42.2 Å². The van der Waals surface area contributed by atoms with Crippen molar-refractivity contribution >= 4 is 25.7 Å². The third kappa shape index (κ3) is 6.89. The van der Waals surface area contributed by atoms with Crippen LogP contribution in [0.1, 0.15) is 13.8 Å². The molecule has 0 saturated carbocycles. The summed E-state index contributed by atoms with van der Waals surface area (Å²) in [5.41, 5.74) is 0.716. The quantitative estimate of drug-likeness (QED) is 0.594. The second kappa shape index (κ2) is 7.21. The van der Waals surface area contributed by atoms with E-state index in [0.29, 0.717) is 12.2 Å². The van der Waals surface area contributed by atoms with Crippen molar-refractivity contribution in [1.29, 1.82) is 0 Å². The molecule has 21 heavy (non-hydrogen) atoms. The lowest BCUT2D eigenvalue weighted by Crippen LogP contribution is -2.30. The lowest BCUT2D eigenvalue weighted by Gasteiger charge is -2.11. The van der Waals surface area contributed by atoms with Crippen LogP contribution in [0.5, 0.6) is 0 Å². The van der Waals surface area contributed by atoms with Gasteiger partial charge in [0.05, 0.1) is 11.2 Å². The fourth-order valence-electron chi connectivity index (χ4n) is 1.57. The maximum Gasteiger partial charge on any atom is 0.240 e. The fraction of sp³-hybridized carbons (Fsp3) is 0.500. The highest BCUT2D eigenvalue weighted by Crippen LogP contribution is 2.14. The van der Waals surface area contributed by atoms with Crippen LogP contribution < -0.4 is 14.8 Å². The molecule has 1 aromatic rings. The van der Waals surface area contributed by atoms with E-state index in [4.69, 9.17) is 0 Å². The molecule has 0 aliphatic heterocycles. The number of hydrogen-bond acceptors (Lipinski definition) is 5. The Morgan fingerprint density at radius 2 is 1.57 bits per heavy atom. The molecule has 0 aliphatic carbocycles. The number of nitrogens with one attached hydrogen (secondary N) is 3. The van der Waals surface area contributed by atoms with E-state index in [1.54, 1.807) is 26.0 Å². The van der Waals surface area contributed by atoms with Crippen molar-refractivity contribution in [2.75, 3.05) is 24.7 Å². The van der Waals surface area contributed by atoms with Crippen molar-refractivity contribution < 1.29 is 16.8 Å². The Balaban J connectivity index is 2.59. The first-order valence-electron chi connectivity index (χ1n) is 6.41. The first-order chi connectivity index (χ1) is 9.60. The summed E-state index contributed by atoms with van der Waals surface area (Å²) < 4.78 is 50.4. The highest BCUT2D eigenvalue weighted by atomic mass is 32.2. The molecule has 0 saturated heterocycles. The van der Waals surface area contributed by atoms with E-state index in [2.05, 4.69) is 14.8 Å². The Bertz CT molecular complexity index is 652. The van der Waals surface area contributed by atoms with Gasteiger partial charge >= 0.3 is 0 Å². The predicted molar refractivity (Wildman–Crippen MR) is 83.2 cm³/mol. The minimum absolute atomic E-state index is 0.171. The zero-order valence-electron chi connectivity index (χ0n) is 12.3. The SMILES string of the molecule is CC(C)NS(=O)(=O)c1ccc(NCCNS(C)(=O)=O)cc1. The van der Waals surface area contributed by atoms with Gasteiger partial charge in [-0.3, -0.25) is 0 Å². The average molecular weight is 335 g/mol. The third-order valence-electron chi connectivity index (χ3n) is 2.37. The molecule has 0 radical (unpaired) electrons. The van der Waals surface area contributed by atoms with E-state index in [9.17, 15) is 16.8 Å². The zero-order valence-corrected chi connectivity index (χ0v) is 13.9. The first kappa shape index (κ1) is 17.9. The summed E-state index contributed by atoms with van der Waals surface area (Å²) in [7, 11) is -6.68.